The van der Waals surface area contributed by atoms with Gasteiger partial charge in [0.25, 0.3) is 11.8 Å². The average Bonchev–Trinajstić information content (AvgIpc) is 2.67. The number of barbiturate groups is 1. The lowest BCUT2D eigenvalue weighted by atomic mass is 10.0. The number of hydrogen-bond acceptors (Lipinski definition) is 6. The predicted molar refractivity (Wildman–Crippen MR) is 117 cm³/mol. The minimum Gasteiger partial charge on any atom is -0.489 e. The van der Waals surface area contributed by atoms with Crippen molar-refractivity contribution in [3.05, 3.63) is 66.3 Å². The molecule has 9 nitrogen and oxygen atoms in total. The first kappa shape index (κ1) is 21.4. The van der Waals surface area contributed by atoms with Gasteiger partial charge in [0.05, 0.1) is 21.3 Å². The molecule has 0 saturated carbocycles. The third-order valence-corrected chi connectivity index (χ3v) is 5.41. The fourth-order valence-corrected chi connectivity index (χ4v) is 3.80. The van der Waals surface area contributed by atoms with Gasteiger partial charge in [-0.15, -0.1) is 0 Å². The van der Waals surface area contributed by atoms with E-state index in [0.29, 0.717) is 9.26 Å². The van der Waals surface area contributed by atoms with Gasteiger partial charge < -0.3 is 4.74 Å². The summed E-state index contributed by atoms with van der Waals surface area (Å²) in [7, 11) is 1.31. The summed E-state index contributed by atoms with van der Waals surface area (Å²) in [4.78, 5) is 49.3. The maximum atomic E-state index is 13.0. The van der Waals surface area contributed by atoms with Crippen LogP contribution in [0, 0.1) is 27.5 Å². The number of hydrogen-bond donors (Lipinski definition) is 1. The number of carbonyl (C=O) groups excluding carboxylic acids is 3. The van der Waals surface area contributed by atoms with Gasteiger partial charge in [-0.05, 0) is 77.4 Å². The molecule has 0 bridgehead atoms. The van der Waals surface area contributed by atoms with Crippen LogP contribution in [0.3, 0.4) is 0 Å². The number of aryl methyl sites for hydroxylation is 2. The van der Waals surface area contributed by atoms with E-state index in [1.807, 2.05) is 36.4 Å². The summed E-state index contributed by atoms with van der Waals surface area (Å²) in [5, 5.41) is 13.5. The number of nitrogens with one attached hydrogen (secondary N) is 1. The van der Waals surface area contributed by atoms with Gasteiger partial charge in [0.1, 0.15) is 5.57 Å². The van der Waals surface area contributed by atoms with Gasteiger partial charge in [0.15, 0.2) is 0 Å². The molecule has 30 heavy (non-hydrogen) atoms. The second kappa shape index (κ2) is 8.22. The summed E-state index contributed by atoms with van der Waals surface area (Å²) in [5.74, 6) is -1.62. The summed E-state index contributed by atoms with van der Waals surface area (Å²) in [5.41, 5.74) is 1.80. The highest BCUT2D eigenvalue weighted by Crippen LogP contribution is 2.34. The Labute approximate surface area is 185 Å². The highest BCUT2D eigenvalue weighted by Gasteiger charge is 2.37. The van der Waals surface area contributed by atoms with Gasteiger partial charge in [-0.25, -0.2) is 9.69 Å². The summed E-state index contributed by atoms with van der Waals surface area (Å²) in [6.07, 6.45) is 1.22. The molecule has 1 heterocycles. The number of urea groups is 1. The number of rotatable bonds is 4. The number of amides is 4. The Hall–Kier alpha value is -3.28. The molecule has 154 valence electrons. The third kappa shape index (κ3) is 3.90. The first-order valence-electron chi connectivity index (χ1n) is 8.64. The van der Waals surface area contributed by atoms with Crippen LogP contribution >= 0.6 is 22.6 Å². The van der Waals surface area contributed by atoms with Crippen molar-refractivity contribution in [2.24, 2.45) is 0 Å². The quantitative estimate of drug-likeness (QED) is 0.216. The molecule has 0 aliphatic carbocycles. The molecule has 0 spiro atoms. The highest BCUT2D eigenvalue weighted by molar-refractivity contribution is 14.1. The Balaban J connectivity index is 2.09. The monoisotopic (exact) mass is 521 g/mol. The van der Waals surface area contributed by atoms with E-state index in [0.717, 1.165) is 16.0 Å². The van der Waals surface area contributed by atoms with Crippen molar-refractivity contribution in [2.45, 2.75) is 13.8 Å². The molecule has 2 aromatic rings. The van der Waals surface area contributed by atoms with Crippen molar-refractivity contribution < 1.29 is 24.0 Å². The van der Waals surface area contributed by atoms with E-state index in [-0.39, 0.29) is 22.6 Å². The standard InChI is InChI=1S/C20H16IN3O6/c1-10-4-5-13(6-11(10)2)23-19(26)14(18(25)22-20(23)27)7-12-8-15(21)17(30-3)16(9-12)24(28)29/h4-9H,1-3H3,(H,22,25,27)/b14-7+. The molecule has 2 aromatic carbocycles. The molecular formula is C20H16IN3O6. The van der Waals surface area contributed by atoms with Crippen LogP contribution in [-0.2, 0) is 9.59 Å². The zero-order valence-corrected chi connectivity index (χ0v) is 18.3. The Kier molecular flexibility index (Phi) is 5.87. The molecule has 0 radical (unpaired) electrons. The van der Waals surface area contributed by atoms with Gasteiger partial charge in [0, 0.05) is 6.07 Å². The molecule has 1 saturated heterocycles. The Morgan fingerprint density at radius 3 is 2.43 bits per heavy atom. The zero-order valence-electron chi connectivity index (χ0n) is 16.2. The van der Waals surface area contributed by atoms with Crippen LogP contribution in [-0.4, -0.2) is 29.9 Å². The van der Waals surface area contributed by atoms with Gasteiger partial charge >= 0.3 is 11.7 Å². The molecule has 10 heteroatoms. The SMILES string of the molecule is COc1c(I)cc(/C=C2\C(=O)NC(=O)N(c3ccc(C)c(C)c3)C2=O)cc1[N+](=O)[O-]. The highest BCUT2D eigenvalue weighted by atomic mass is 127. The number of nitro benzene ring substituents is 1. The number of methoxy groups -OCH3 is 1. The van der Waals surface area contributed by atoms with E-state index in [1.54, 1.807) is 18.2 Å². The van der Waals surface area contributed by atoms with Crippen LogP contribution in [0.4, 0.5) is 16.2 Å². The molecule has 3 rings (SSSR count). The van der Waals surface area contributed by atoms with E-state index in [9.17, 15) is 24.5 Å². The Morgan fingerprint density at radius 1 is 1.13 bits per heavy atom. The number of imide groups is 2. The van der Waals surface area contributed by atoms with Gasteiger partial charge in [-0.3, -0.25) is 25.0 Å². The number of nitrogens with zero attached hydrogens (tertiary/aromatic N) is 2. The van der Waals surface area contributed by atoms with E-state index >= 15 is 0 Å². The van der Waals surface area contributed by atoms with Crippen molar-refractivity contribution in [2.75, 3.05) is 12.0 Å². The number of carbonyl (C=O) groups is 3. The first-order chi connectivity index (χ1) is 14.1. The molecule has 0 unspecified atom stereocenters. The van der Waals surface area contributed by atoms with E-state index in [2.05, 4.69) is 5.32 Å². The zero-order chi connectivity index (χ0) is 22.2. The molecule has 1 fully saturated rings. The average molecular weight is 521 g/mol. The summed E-state index contributed by atoms with van der Waals surface area (Å²) in [6.45, 7) is 3.73. The minimum atomic E-state index is -0.876. The Bertz CT molecular complexity index is 1140. The lowest BCUT2D eigenvalue weighted by molar-refractivity contribution is -0.385. The van der Waals surface area contributed by atoms with E-state index in [4.69, 9.17) is 4.74 Å². The molecule has 4 amide bonds. The summed E-state index contributed by atoms with van der Waals surface area (Å²) >= 11 is 1.86. The smallest absolute Gasteiger partial charge is 0.335 e. The predicted octanol–water partition coefficient (Wildman–Crippen LogP) is 3.49. The summed E-state index contributed by atoms with van der Waals surface area (Å²) < 4.78 is 5.50. The number of nitro groups is 1. The number of anilines is 1. The van der Waals surface area contributed by atoms with Gasteiger partial charge in [0.2, 0.25) is 5.75 Å². The molecule has 0 atom stereocenters. The molecule has 1 N–H and O–H groups in total. The normalized spacial score (nSPS) is 15.4. The van der Waals surface area contributed by atoms with E-state index < -0.39 is 22.8 Å². The van der Waals surface area contributed by atoms with Crippen LogP contribution < -0.4 is 15.0 Å². The topological polar surface area (TPSA) is 119 Å². The van der Waals surface area contributed by atoms with E-state index in [1.165, 1.54) is 25.3 Å². The van der Waals surface area contributed by atoms with Crippen LogP contribution in [0.25, 0.3) is 6.08 Å². The van der Waals surface area contributed by atoms with Crippen LogP contribution in [0.2, 0.25) is 0 Å². The lowest BCUT2D eigenvalue weighted by Crippen LogP contribution is -2.54. The fraction of sp³-hybridized carbons (Fsp3) is 0.150. The molecular weight excluding hydrogens is 505 g/mol. The van der Waals surface area contributed by atoms with Gasteiger partial charge in [-0.1, -0.05) is 6.07 Å². The van der Waals surface area contributed by atoms with Crippen molar-refractivity contribution in [3.63, 3.8) is 0 Å². The number of ether oxygens (including phenoxy) is 1. The van der Waals surface area contributed by atoms with Crippen molar-refractivity contribution >= 4 is 57.9 Å². The second-order valence-corrected chi connectivity index (χ2v) is 7.70. The molecule has 1 aliphatic rings. The van der Waals surface area contributed by atoms with Crippen molar-refractivity contribution in [1.29, 1.82) is 0 Å². The summed E-state index contributed by atoms with van der Waals surface area (Å²) in [6, 6.07) is 6.92. The number of benzene rings is 2. The largest absolute Gasteiger partial charge is 0.489 e. The first-order valence-corrected chi connectivity index (χ1v) is 9.72. The fourth-order valence-electron chi connectivity index (χ4n) is 2.94. The van der Waals surface area contributed by atoms with Crippen LogP contribution in [0.1, 0.15) is 16.7 Å². The van der Waals surface area contributed by atoms with Crippen LogP contribution in [0.15, 0.2) is 35.9 Å². The van der Waals surface area contributed by atoms with Crippen molar-refractivity contribution in [1.82, 2.24) is 5.32 Å². The number of halogens is 1. The lowest BCUT2D eigenvalue weighted by Gasteiger charge is -2.26. The second-order valence-electron chi connectivity index (χ2n) is 6.54. The Morgan fingerprint density at radius 2 is 1.83 bits per heavy atom. The minimum absolute atomic E-state index is 0.0779. The maximum absolute atomic E-state index is 13.0. The van der Waals surface area contributed by atoms with Crippen molar-refractivity contribution in [3.8, 4) is 5.75 Å². The third-order valence-electron chi connectivity index (χ3n) is 4.61. The molecule has 1 aliphatic heterocycles. The molecule has 0 aromatic heterocycles. The van der Waals surface area contributed by atoms with Gasteiger partial charge in [-0.2, -0.15) is 0 Å². The maximum Gasteiger partial charge on any atom is 0.335 e. The van der Waals surface area contributed by atoms with Crippen LogP contribution in [0.5, 0.6) is 5.75 Å².